The molecule has 1 aromatic carbocycles. The number of benzene rings is 1. The van der Waals surface area contributed by atoms with E-state index in [0.717, 1.165) is 12.1 Å². The van der Waals surface area contributed by atoms with Gasteiger partial charge in [0, 0.05) is 11.6 Å². The molecule has 2 nitrogen and oxygen atoms in total. The quantitative estimate of drug-likeness (QED) is 0.831. The first-order chi connectivity index (χ1) is 7.30. The highest BCUT2D eigenvalue weighted by Gasteiger charge is 2.30. The summed E-state index contributed by atoms with van der Waals surface area (Å²) in [5, 5.41) is 2.41. The Bertz CT molecular complexity index is 385. The van der Waals surface area contributed by atoms with Gasteiger partial charge in [0.2, 0.25) is 5.91 Å². The number of nitrogens with one attached hydrogen (secondary N) is 1. The Morgan fingerprint density at radius 3 is 2.44 bits per heavy atom. The second-order valence-corrected chi connectivity index (χ2v) is 3.72. The summed E-state index contributed by atoms with van der Waals surface area (Å²) in [7, 11) is 0. The number of halogens is 3. The van der Waals surface area contributed by atoms with Crippen LogP contribution in [0.4, 0.5) is 18.9 Å². The van der Waals surface area contributed by atoms with Gasteiger partial charge in [-0.25, -0.2) is 0 Å². The van der Waals surface area contributed by atoms with Crippen LogP contribution in [0.1, 0.15) is 19.4 Å². The zero-order valence-corrected chi connectivity index (χ0v) is 8.93. The van der Waals surface area contributed by atoms with Gasteiger partial charge in [0.15, 0.2) is 0 Å². The molecule has 5 heteroatoms. The zero-order chi connectivity index (χ0) is 12.3. The molecule has 1 amide bonds. The van der Waals surface area contributed by atoms with Crippen LogP contribution in [-0.4, -0.2) is 5.91 Å². The molecule has 0 aliphatic rings. The molecule has 0 atom stereocenters. The molecule has 0 aliphatic carbocycles. The van der Waals surface area contributed by atoms with Crippen LogP contribution in [0, 0.1) is 5.92 Å². The van der Waals surface area contributed by atoms with Gasteiger partial charge in [-0.15, -0.1) is 0 Å². The van der Waals surface area contributed by atoms with E-state index in [9.17, 15) is 18.0 Å². The van der Waals surface area contributed by atoms with Crippen LogP contribution in [0.3, 0.4) is 0 Å². The van der Waals surface area contributed by atoms with Crippen molar-refractivity contribution >= 4 is 11.6 Å². The molecule has 1 aromatic rings. The number of carbonyl (C=O) groups excluding carboxylic acids is 1. The molecular weight excluding hydrogens is 219 g/mol. The molecule has 0 bridgehead atoms. The van der Waals surface area contributed by atoms with Crippen molar-refractivity contribution in [2.45, 2.75) is 20.0 Å². The maximum Gasteiger partial charge on any atom is 0.416 e. The normalized spacial score (nSPS) is 11.6. The Hall–Kier alpha value is -1.52. The fraction of sp³-hybridized carbons (Fsp3) is 0.364. The number of amides is 1. The van der Waals surface area contributed by atoms with Gasteiger partial charge in [-0.1, -0.05) is 19.9 Å². The highest BCUT2D eigenvalue weighted by Crippen LogP contribution is 2.30. The predicted octanol–water partition coefficient (Wildman–Crippen LogP) is 3.30. The molecule has 0 saturated heterocycles. The Kier molecular flexibility index (Phi) is 3.57. The Labute approximate surface area is 91.5 Å². The average Bonchev–Trinajstić information content (AvgIpc) is 2.16. The Morgan fingerprint density at radius 1 is 1.31 bits per heavy atom. The van der Waals surface area contributed by atoms with Crippen molar-refractivity contribution in [2.24, 2.45) is 5.92 Å². The van der Waals surface area contributed by atoms with Gasteiger partial charge < -0.3 is 5.32 Å². The third kappa shape index (κ3) is 3.25. The smallest absolute Gasteiger partial charge is 0.326 e. The predicted molar refractivity (Wildman–Crippen MR) is 54.9 cm³/mol. The van der Waals surface area contributed by atoms with Gasteiger partial charge in [-0.3, -0.25) is 4.79 Å². The van der Waals surface area contributed by atoms with Crippen molar-refractivity contribution in [2.75, 3.05) is 5.32 Å². The monoisotopic (exact) mass is 231 g/mol. The Morgan fingerprint density at radius 2 is 1.94 bits per heavy atom. The zero-order valence-electron chi connectivity index (χ0n) is 8.93. The number of alkyl halides is 3. The van der Waals surface area contributed by atoms with Crippen LogP contribution in [-0.2, 0) is 11.0 Å². The lowest BCUT2D eigenvalue weighted by Gasteiger charge is -2.10. The number of carbonyl (C=O) groups is 1. The molecule has 88 valence electrons. The second-order valence-electron chi connectivity index (χ2n) is 3.72. The second kappa shape index (κ2) is 4.55. The Balaban J connectivity index is 2.88. The minimum Gasteiger partial charge on any atom is -0.326 e. The largest absolute Gasteiger partial charge is 0.416 e. The van der Waals surface area contributed by atoms with Crippen LogP contribution < -0.4 is 5.32 Å². The van der Waals surface area contributed by atoms with E-state index in [-0.39, 0.29) is 17.5 Å². The summed E-state index contributed by atoms with van der Waals surface area (Å²) in [5.41, 5.74) is -0.609. The summed E-state index contributed by atoms with van der Waals surface area (Å²) in [6.45, 7) is 3.34. The van der Waals surface area contributed by atoms with E-state index in [1.165, 1.54) is 12.1 Å². The van der Waals surface area contributed by atoms with Gasteiger partial charge >= 0.3 is 6.18 Å². The van der Waals surface area contributed by atoms with Crippen molar-refractivity contribution in [3.8, 4) is 0 Å². The fourth-order valence-corrected chi connectivity index (χ4v) is 1.06. The van der Waals surface area contributed by atoms with Gasteiger partial charge in [0.05, 0.1) is 5.56 Å². The van der Waals surface area contributed by atoms with Gasteiger partial charge in [0.25, 0.3) is 0 Å². The number of rotatable bonds is 2. The number of hydrogen-bond donors (Lipinski definition) is 1. The van der Waals surface area contributed by atoms with E-state index < -0.39 is 11.7 Å². The standard InChI is InChI=1S/C11H12F3NO/c1-7(2)10(16)15-9-5-3-4-8(6-9)11(12,13)14/h3-7H,1-2H3,(H,15,16). The SMILES string of the molecule is CC(C)C(=O)Nc1cccc(C(F)(F)F)c1. The third-order valence-corrected chi connectivity index (χ3v) is 1.98. The molecule has 0 unspecified atom stereocenters. The number of anilines is 1. The minimum atomic E-state index is -4.39. The molecule has 0 saturated carbocycles. The van der Waals surface area contributed by atoms with Crippen LogP contribution in [0.5, 0.6) is 0 Å². The van der Waals surface area contributed by atoms with Crippen LogP contribution in [0.15, 0.2) is 24.3 Å². The fourth-order valence-electron chi connectivity index (χ4n) is 1.06. The van der Waals surface area contributed by atoms with Gasteiger partial charge in [-0.05, 0) is 18.2 Å². The van der Waals surface area contributed by atoms with Crippen LogP contribution in [0.2, 0.25) is 0 Å². The lowest BCUT2D eigenvalue weighted by molar-refractivity contribution is -0.137. The van der Waals surface area contributed by atoms with E-state index in [1.54, 1.807) is 13.8 Å². The average molecular weight is 231 g/mol. The van der Waals surface area contributed by atoms with E-state index in [1.807, 2.05) is 0 Å². The summed E-state index contributed by atoms with van der Waals surface area (Å²) in [4.78, 5) is 11.3. The van der Waals surface area contributed by atoms with Crippen molar-refractivity contribution in [1.29, 1.82) is 0 Å². The minimum absolute atomic E-state index is 0.161. The topological polar surface area (TPSA) is 29.1 Å². The lowest BCUT2D eigenvalue weighted by atomic mass is 10.1. The molecule has 0 aliphatic heterocycles. The van der Waals surface area contributed by atoms with Crippen molar-refractivity contribution in [3.05, 3.63) is 29.8 Å². The molecular formula is C11H12F3NO. The molecule has 0 aromatic heterocycles. The summed E-state index contributed by atoms with van der Waals surface area (Å²) >= 11 is 0. The van der Waals surface area contributed by atoms with E-state index in [0.29, 0.717) is 0 Å². The van der Waals surface area contributed by atoms with E-state index >= 15 is 0 Å². The molecule has 0 fully saturated rings. The van der Waals surface area contributed by atoms with Crippen LogP contribution >= 0.6 is 0 Å². The van der Waals surface area contributed by atoms with Crippen molar-refractivity contribution in [3.63, 3.8) is 0 Å². The first kappa shape index (κ1) is 12.5. The molecule has 1 rings (SSSR count). The molecule has 0 heterocycles. The highest BCUT2D eigenvalue weighted by atomic mass is 19.4. The lowest BCUT2D eigenvalue weighted by Crippen LogP contribution is -2.18. The molecule has 16 heavy (non-hydrogen) atoms. The van der Waals surface area contributed by atoms with Gasteiger partial charge in [-0.2, -0.15) is 13.2 Å². The van der Waals surface area contributed by atoms with E-state index in [2.05, 4.69) is 5.32 Å². The molecule has 0 spiro atoms. The van der Waals surface area contributed by atoms with Gasteiger partial charge in [0.1, 0.15) is 0 Å². The maximum atomic E-state index is 12.4. The maximum absolute atomic E-state index is 12.4. The summed E-state index contributed by atoms with van der Waals surface area (Å²) < 4.78 is 37.1. The number of hydrogen-bond acceptors (Lipinski definition) is 1. The third-order valence-electron chi connectivity index (χ3n) is 1.98. The first-order valence-electron chi connectivity index (χ1n) is 4.79. The van der Waals surface area contributed by atoms with Crippen molar-refractivity contribution < 1.29 is 18.0 Å². The molecule has 0 radical (unpaired) electrons. The summed E-state index contributed by atoms with van der Waals surface area (Å²) in [6.07, 6.45) is -4.39. The summed E-state index contributed by atoms with van der Waals surface area (Å²) in [6, 6.07) is 4.57. The van der Waals surface area contributed by atoms with Crippen molar-refractivity contribution in [1.82, 2.24) is 0 Å². The van der Waals surface area contributed by atoms with E-state index in [4.69, 9.17) is 0 Å². The highest BCUT2D eigenvalue weighted by molar-refractivity contribution is 5.92. The molecule has 1 N–H and O–H groups in total. The summed E-state index contributed by atoms with van der Waals surface area (Å²) in [5.74, 6) is -0.575. The van der Waals surface area contributed by atoms with Crippen LogP contribution in [0.25, 0.3) is 0 Å². The first-order valence-corrected chi connectivity index (χ1v) is 4.79.